The fourth-order valence-corrected chi connectivity index (χ4v) is 7.84. The van der Waals surface area contributed by atoms with Gasteiger partial charge < -0.3 is 26.0 Å². The van der Waals surface area contributed by atoms with Crippen LogP contribution in [-0.2, 0) is 20.8 Å². The summed E-state index contributed by atoms with van der Waals surface area (Å²) in [5.74, 6) is 1.58. The molecule has 10 nitrogen and oxygen atoms in total. The first-order chi connectivity index (χ1) is 29.0. The summed E-state index contributed by atoms with van der Waals surface area (Å²) in [5.41, 5.74) is 10.6. The minimum Gasteiger partial charge on any atom is -0.481 e. The third-order valence-corrected chi connectivity index (χ3v) is 13.1. The highest BCUT2D eigenvalue weighted by molar-refractivity contribution is 6.40. The van der Waals surface area contributed by atoms with E-state index in [4.69, 9.17) is 38.7 Å². The van der Waals surface area contributed by atoms with E-state index in [9.17, 15) is 14.4 Å². The third-order valence-electron chi connectivity index (χ3n) is 12.3. The number of nitrogens with one attached hydrogen (secondary N) is 2. The molecule has 3 amide bonds. The highest BCUT2D eigenvalue weighted by atomic mass is 35.5. The molecule has 61 heavy (non-hydrogen) atoms. The lowest BCUT2D eigenvalue weighted by Crippen LogP contribution is -2.49. The van der Waals surface area contributed by atoms with Gasteiger partial charge in [0.05, 0.1) is 28.5 Å². The van der Waals surface area contributed by atoms with Crippen molar-refractivity contribution < 1.29 is 19.1 Å². The van der Waals surface area contributed by atoms with Crippen LogP contribution in [0, 0.1) is 11.8 Å². The van der Waals surface area contributed by atoms with Crippen LogP contribution in [0.5, 0.6) is 5.88 Å². The Kier molecular flexibility index (Phi) is 19.8. The van der Waals surface area contributed by atoms with Crippen molar-refractivity contribution in [1.82, 2.24) is 20.1 Å². The minimum absolute atomic E-state index is 0.0178. The van der Waals surface area contributed by atoms with E-state index in [2.05, 4.69) is 71.7 Å². The number of halogens is 2. The lowest BCUT2D eigenvalue weighted by atomic mass is 9.84. The Balaban J connectivity index is 0.000000378. The van der Waals surface area contributed by atoms with Crippen molar-refractivity contribution in [2.75, 3.05) is 33.1 Å². The molecule has 2 aromatic carbocycles. The predicted molar refractivity (Wildman–Crippen MR) is 254 cm³/mol. The number of benzene rings is 2. The molecule has 0 spiro atoms. The van der Waals surface area contributed by atoms with Crippen molar-refractivity contribution in [2.24, 2.45) is 17.6 Å². The average Bonchev–Trinajstić information content (AvgIpc) is 3.65. The number of hydrogen-bond donors (Lipinski definition) is 3. The number of carbonyl (C=O) groups excluding carboxylic acids is 3. The van der Waals surface area contributed by atoms with Gasteiger partial charge >= 0.3 is 0 Å². The molecule has 2 heterocycles. The summed E-state index contributed by atoms with van der Waals surface area (Å²) >= 11 is 13.8. The number of aryl methyl sites for hydroxylation is 1. The van der Waals surface area contributed by atoms with E-state index in [1.165, 1.54) is 29.5 Å². The number of methoxy groups -OCH3 is 1. The number of fused-ring (bicyclic) bond motifs is 1. The van der Waals surface area contributed by atoms with Crippen LogP contribution in [0.4, 0.5) is 5.69 Å². The van der Waals surface area contributed by atoms with E-state index < -0.39 is 11.8 Å². The number of nitrogens with two attached hydrogens (primary N) is 1. The van der Waals surface area contributed by atoms with Crippen LogP contribution >= 0.6 is 23.2 Å². The summed E-state index contributed by atoms with van der Waals surface area (Å²) in [4.78, 5) is 45.6. The number of likely N-dealkylation sites (N-methyl/N-ethyl adjacent to an activating group) is 1. The lowest BCUT2D eigenvalue weighted by molar-refractivity contribution is -0.129. The Morgan fingerprint density at radius 2 is 1.61 bits per heavy atom. The smallest absolute Gasteiger partial charge is 0.266 e. The number of aromatic nitrogens is 1. The molecule has 5 rings (SSSR count). The topological polar surface area (TPSA) is 130 Å². The molecule has 0 fully saturated rings. The fraction of sp³-hybridized carbons (Fsp3) is 0.510. The molecule has 3 atom stereocenters. The van der Waals surface area contributed by atoms with E-state index in [0.29, 0.717) is 44.5 Å². The van der Waals surface area contributed by atoms with Crippen LogP contribution in [0.2, 0.25) is 10.0 Å². The summed E-state index contributed by atoms with van der Waals surface area (Å²) in [5, 5.41) is 6.88. The quantitative estimate of drug-likeness (QED) is 0.130. The fourth-order valence-electron chi connectivity index (χ4n) is 7.24. The summed E-state index contributed by atoms with van der Waals surface area (Å²) < 4.78 is 5.64. The number of anilines is 1. The third kappa shape index (κ3) is 12.6. The Morgan fingerprint density at radius 3 is 2.18 bits per heavy atom. The average molecular weight is 878 g/mol. The van der Waals surface area contributed by atoms with Crippen LogP contribution in [0.1, 0.15) is 124 Å². The molecule has 0 saturated carbocycles. The van der Waals surface area contributed by atoms with Gasteiger partial charge in [-0.15, -0.1) is 0 Å². The molecular weight excluding hydrogens is 807 g/mol. The molecule has 0 saturated heterocycles. The van der Waals surface area contributed by atoms with Crippen molar-refractivity contribution >= 4 is 46.6 Å². The Hall–Kier alpha value is -4.38. The van der Waals surface area contributed by atoms with Gasteiger partial charge in [-0.05, 0) is 87.4 Å². The number of ether oxygens (including phenoxy) is 1. The summed E-state index contributed by atoms with van der Waals surface area (Å²) in [6.45, 7) is 21.9. The Labute approximate surface area is 375 Å². The normalized spacial score (nSPS) is 15.7. The van der Waals surface area contributed by atoms with Crippen LogP contribution in [-0.4, -0.2) is 65.8 Å². The summed E-state index contributed by atoms with van der Waals surface area (Å²) in [6.07, 6.45) is 11.1. The van der Waals surface area contributed by atoms with Gasteiger partial charge in [-0.3, -0.25) is 19.3 Å². The molecule has 2 aliphatic rings. The van der Waals surface area contributed by atoms with Gasteiger partial charge in [-0.2, -0.15) is 0 Å². The van der Waals surface area contributed by atoms with Crippen LogP contribution in [0.15, 0.2) is 66.6 Å². The maximum absolute atomic E-state index is 13.1. The van der Waals surface area contributed by atoms with Crippen LogP contribution in [0.3, 0.4) is 0 Å². The van der Waals surface area contributed by atoms with E-state index in [1.807, 2.05) is 31.2 Å². The van der Waals surface area contributed by atoms with Crippen LogP contribution < -0.4 is 21.1 Å². The van der Waals surface area contributed by atoms with Crippen molar-refractivity contribution in [2.45, 2.75) is 125 Å². The molecule has 1 aliphatic carbocycles. The van der Waals surface area contributed by atoms with Crippen molar-refractivity contribution in [3.8, 4) is 28.3 Å². The summed E-state index contributed by atoms with van der Waals surface area (Å²) in [6, 6.07) is 13.0. The minimum atomic E-state index is -0.575. The molecule has 1 aromatic heterocycles. The lowest BCUT2D eigenvalue weighted by Gasteiger charge is -2.35. The van der Waals surface area contributed by atoms with E-state index in [1.54, 1.807) is 38.2 Å². The van der Waals surface area contributed by atoms with E-state index in [0.717, 1.165) is 74.2 Å². The zero-order valence-corrected chi connectivity index (χ0v) is 39.9. The molecule has 3 aromatic rings. The van der Waals surface area contributed by atoms with Gasteiger partial charge in [0.25, 0.3) is 11.8 Å². The van der Waals surface area contributed by atoms with Crippen molar-refractivity contribution in [3.05, 3.63) is 87.8 Å². The number of nitrogens with zero attached hydrogens (tertiary/aromatic N) is 3. The van der Waals surface area contributed by atoms with Crippen LogP contribution in [0.25, 0.3) is 22.4 Å². The molecule has 0 bridgehead atoms. The van der Waals surface area contributed by atoms with Gasteiger partial charge in [-0.25, -0.2) is 4.98 Å². The number of carbonyl (C=O) groups is 3. The van der Waals surface area contributed by atoms with Crippen molar-refractivity contribution in [1.29, 1.82) is 0 Å². The standard InChI is InChI=1S/C30H28Cl2N4O3.C16H33NO.C3H9N/c1-16-12-13-18-14-24(34-29(39-5)25(16)18)21-10-6-8-19(26(21)31)20-9-7-11-23(27(20)32)33-28(37)22-15-35(3)17(2)36(4)30(22)38;1-7-13(5)11-12-16(9-3,10-4)17-15(18)14(6)8-2;1-2-3-4/h6-11,14-16H,2,12-13H2,1,3-5H3,(H,33,37);13-14H,7-12H2,1-6H3,(H,17,18);2-4H2,1H3/t16-;13-,14-;/m11./s1. The molecule has 4 N–H and O–H groups in total. The first kappa shape index (κ1) is 51.0. The van der Waals surface area contributed by atoms with E-state index in [-0.39, 0.29) is 22.9 Å². The second-order valence-corrected chi connectivity index (χ2v) is 17.1. The highest BCUT2D eigenvalue weighted by Crippen LogP contribution is 2.44. The van der Waals surface area contributed by atoms with Gasteiger partial charge in [0.1, 0.15) is 11.4 Å². The number of amides is 3. The maximum atomic E-state index is 13.1. The summed E-state index contributed by atoms with van der Waals surface area (Å²) in [7, 11) is 4.92. The molecule has 334 valence electrons. The molecule has 0 radical (unpaired) electrons. The number of rotatable bonds is 15. The first-order valence-electron chi connectivity index (χ1n) is 21.9. The van der Waals surface area contributed by atoms with Gasteiger partial charge in [-0.1, -0.05) is 122 Å². The monoisotopic (exact) mass is 876 g/mol. The van der Waals surface area contributed by atoms with Gasteiger partial charge in [0.15, 0.2) is 0 Å². The Bertz CT molecular complexity index is 2030. The zero-order valence-electron chi connectivity index (χ0n) is 38.4. The second-order valence-electron chi connectivity index (χ2n) is 16.4. The molecular formula is C49H70Cl2N6O4. The first-order valence-corrected chi connectivity index (χ1v) is 22.6. The van der Waals surface area contributed by atoms with Gasteiger partial charge in [0, 0.05) is 54.0 Å². The molecule has 0 unspecified atom stereocenters. The molecule has 12 heteroatoms. The highest BCUT2D eigenvalue weighted by Gasteiger charge is 2.31. The maximum Gasteiger partial charge on any atom is 0.266 e. The molecule has 1 aliphatic heterocycles. The van der Waals surface area contributed by atoms with Crippen molar-refractivity contribution in [3.63, 3.8) is 0 Å². The Morgan fingerprint density at radius 1 is 1.00 bits per heavy atom. The number of pyridine rings is 1. The largest absolute Gasteiger partial charge is 0.481 e. The van der Waals surface area contributed by atoms with E-state index >= 15 is 0 Å². The predicted octanol–water partition coefficient (Wildman–Crippen LogP) is 11.4. The second kappa shape index (κ2) is 23.7. The zero-order chi connectivity index (χ0) is 45.6. The SMILES string of the molecule is C=C1N(C)C=C(C(=O)Nc2cccc(-c3cccc(-c4cc5c(c(OC)n4)[C@H](C)CC5)c3Cl)c2Cl)C(=O)N1C.CCCN.CC[C@@H](C)CCC(CC)(CC)NC(=O)[C@H](C)CC. The van der Waals surface area contributed by atoms with Gasteiger partial charge in [0.2, 0.25) is 11.8 Å². The number of hydrogen-bond acceptors (Lipinski definition) is 7.